The molecule has 13 nitrogen and oxygen atoms in total. The Hall–Kier alpha value is -5.64. The predicted octanol–water partition coefficient (Wildman–Crippen LogP) is 6.79. The molecule has 4 aromatic heterocycles. The molecule has 0 fully saturated rings. The lowest BCUT2D eigenvalue weighted by Gasteiger charge is -2.24. The van der Waals surface area contributed by atoms with Gasteiger partial charge in [-0.3, -0.25) is 32.9 Å². The lowest BCUT2D eigenvalue weighted by molar-refractivity contribution is -0.123. The van der Waals surface area contributed by atoms with Crippen molar-refractivity contribution in [2.75, 3.05) is 11.0 Å². The van der Waals surface area contributed by atoms with Crippen molar-refractivity contribution in [3.63, 3.8) is 0 Å². The third-order valence-corrected chi connectivity index (χ3v) is 10.5. The van der Waals surface area contributed by atoms with Gasteiger partial charge in [-0.15, -0.1) is 0 Å². The van der Waals surface area contributed by atoms with E-state index >= 15 is 8.78 Å². The van der Waals surface area contributed by atoms with E-state index in [9.17, 15) is 40.1 Å². The number of carbonyl (C=O) groups excluding carboxylic acids is 1. The van der Waals surface area contributed by atoms with Gasteiger partial charge in [0, 0.05) is 56.5 Å². The second-order valence-corrected chi connectivity index (χ2v) is 16.0. The number of amides is 1. The number of alkyl halides is 6. The van der Waals surface area contributed by atoms with Gasteiger partial charge >= 0.3 is 0 Å². The summed E-state index contributed by atoms with van der Waals surface area (Å²) in [6.07, 6.45) is -1.65. The van der Waals surface area contributed by atoms with Crippen LogP contribution in [0.25, 0.3) is 28.0 Å². The van der Waals surface area contributed by atoms with E-state index in [1.165, 1.54) is 49.3 Å². The molecule has 60 heavy (non-hydrogen) atoms. The van der Waals surface area contributed by atoms with Gasteiger partial charge in [-0.25, -0.2) is 35.5 Å². The maximum Gasteiger partial charge on any atom is 0.292 e. The predicted molar refractivity (Wildman–Crippen MR) is 204 cm³/mol. The van der Waals surface area contributed by atoms with E-state index in [0.717, 1.165) is 27.4 Å². The van der Waals surface area contributed by atoms with E-state index in [0.29, 0.717) is 17.7 Å². The highest BCUT2D eigenvalue weighted by Gasteiger charge is 2.51. The largest absolute Gasteiger partial charge is 0.344 e. The molecule has 2 aromatic carbocycles. The summed E-state index contributed by atoms with van der Waals surface area (Å²) < 4.78 is 135. The molecule has 0 aliphatic heterocycles. The number of anilines is 1. The van der Waals surface area contributed by atoms with Crippen molar-refractivity contribution in [3.8, 4) is 17.1 Å². The zero-order chi connectivity index (χ0) is 43.6. The molecule has 0 bridgehead atoms. The number of hydrogen-bond donors (Lipinski definition) is 2. The van der Waals surface area contributed by atoms with Crippen molar-refractivity contribution < 1.29 is 44.1 Å². The molecule has 23 heteroatoms. The van der Waals surface area contributed by atoms with Crippen molar-refractivity contribution in [3.05, 3.63) is 104 Å². The molecule has 318 valence electrons. The first-order valence-electron chi connectivity index (χ1n) is 17.9. The third kappa shape index (κ3) is 8.25. The minimum absolute atomic E-state index is 0.0133. The van der Waals surface area contributed by atoms with Gasteiger partial charge in [0.2, 0.25) is 5.91 Å². The standard InChI is InChI=1S/C37H33ClF8N10O3S/c1-17-9-21-30(33(41)42)50-55(32(21)37(17,45)46)15-27(57)47-25(12-18-10-19(39)13-20(40)11-18)35-48-24(23-7-8-54(49-23)16-36(2,43)44)14-28(58)56(35)26-6-5-22(38)29-31(26)53(3)51-34(29)52-60(4)59/h5-8,10-11,13-14,17,25,33H,9,12,15-16H2,1-4H3,(H,47,57)(H,51,52). The number of aryl methyl sites for hydroxylation is 1. The summed E-state index contributed by atoms with van der Waals surface area (Å²) in [4.78, 5) is 33.1. The molecule has 0 spiro atoms. The Bertz CT molecular complexity index is 2730. The number of halogens is 9. The topological polar surface area (TPSA) is 147 Å². The van der Waals surface area contributed by atoms with Crippen LogP contribution in [-0.4, -0.2) is 61.2 Å². The normalized spacial score (nSPS) is 16.1. The number of fused-ring (bicyclic) bond motifs is 2. The smallest absolute Gasteiger partial charge is 0.292 e. The molecule has 1 amide bonds. The number of hydrogen-bond acceptors (Lipinski definition) is 7. The van der Waals surface area contributed by atoms with Crippen LogP contribution in [0.3, 0.4) is 0 Å². The van der Waals surface area contributed by atoms with Crippen LogP contribution in [0.5, 0.6) is 0 Å². The Morgan fingerprint density at radius 3 is 2.42 bits per heavy atom. The molecule has 0 radical (unpaired) electrons. The highest BCUT2D eigenvalue weighted by molar-refractivity contribution is 7.85. The van der Waals surface area contributed by atoms with Gasteiger partial charge in [0.25, 0.3) is 23.8 Å². The second kappa shape index (κ2) is 15.8. The highest BCUT2D eigenvalue weighted by atomic mass is 35.5. The lowest BCUT2D eigenvalue weighted by atomic mass is 10.0. The number of nitrogens with zero attached hydrogens (tertiary/aromatic N) is 8. The average Bonchev–Trinajstić information content (AvgIpc) is 3.87. The Labute approximate surface area is 341 Å². The number of nitrogens with one attached hydrogen (secondary N) is 2. The maximum atomic E-state index is 15.4. The fourth-order valence-corrected chi connectivity index (χ4v) is 7.98. The van der Waals surface area contributed by atoms with Gasteiger partial charge in [0.15, 0.2) is 5.82 Å². The van der Waals surface area contributed by atoms with Crippen LogP contribution in [0.15, 0.2) is 53.5 Å². The maximum absolute atomic E-state index is 15.4. The van der Waals surface area contributed by atoms with Crippen molar-refractivity contribution >= 4 is 45.2 Å². The highest BCUT2D eigenvalue weighted by Crippen LogP contribution is 2.48. The Morgan fingerprint density at radius 1 is 1.07 bits per heavy atom. The molecule has 3 atom stereocenters. The second-order valence-electron chi connectivity index (χ2n) is 14.5. The van der Waals surface area contributed by atoms with Gasteiger partial charge < -0.3 is 5.32 Å². The van der Waals surface area contributed by atoms with Crippen LogP contribution in [0.1, 0.15) is 54.7 Å². The minimum Gasteiger partial charge on any atom is -0.344 e. The SMILES string of the molecule is CC1Cc2c(C(F)F)nn(CC(=O)NC(Cc3cc(F)cc(F)c3)c3nc(-c4ccn(CC(C)(F)F)n4)cc(=O)n3-c3ccc(Cl)c4c(NS(C)=O)nn(C)c34)c2C1(F)F. The van der Waals surface area contributed by atoms with Gasteiger partial charge in [0.05, 0.1) is 33.3 Å². The van der Waals surface area contributed by atoms with Gasteiger partial charge in [0.1, 0.15) is 58.6 Å². The van der Waals surface area contributed by atoms with Crippen LogP contribution in [0.2, 0.25) is 5.02 Å². The first-order valence-corrected chi connectivity index (χ1v) is 19.9. The van der Waals surface area contributed by atoms with Gasteiger partial charge in [-0.1, -0.05) is 18.5 Å². The van der Waals surface area contributed by atoms with E-state index in [4.69, 9.17) is 11.6 Å². The van der Waals surface area contributed by atoms with Crippen LogP contribution in [0, 0.1) is 17.6 Å². The average molecular weight is 885 g/mol. The van der Waals surface area contributed by atoms with Crippen LogP contribution in [-0.2, 0) is 54.7 Å². The summed E-state index contributed by atoms with van der Waals surface area (Å²) in [6.45, 7) is -0.0439. The summed E-state index contributed by atoms with van der Waals surface area (Å²) in [5, 5.41) is 15.0. The summed E-state index contributed by atoms with van der Waals surface area (Å²) >= 11 is 6.59. The van der Waals surface area contributed by atoms with Crippen LogP contribution in [0.4, 0.5) is 40.9 Å². The van der Waals surface area contributed by atoms with Crippen LogP contribution >= 0.6 is 11.6 Å². The first kappa shape index (κ1) is 42.5. The Kier molecular flexibility index (Phi) is 11.2. The Morgan fingerprint density at radius 2 is 1.77 bits per heavy atom. The molecule has 0 saturated heterocycles. The molecular formula is C37H33ClF8N10O3S. The fraction of sp³-hybridized carbons (Fsp3) is 0.351. The monoisotopic (exact) mass is 884 g/mol. The Balaban J connectivity index is 1.43. The van der Waals surface area contributed by atoms with Crippen molar-refractivity contribution in [1.82, 2.24) is 44.2 Å². The van der Waals surface area contributed by atoms with E-state index in [1.54, 1.807) is 0 Å². The van der Waals surface area contributed by atoms with Crippen LogP contribution < -0.4 is 15.6 Å². The lowest BCUT2D eigenvalue weighted by Crippen LogP contribution is -2.38. The molecule has 1 aliphatic carbocycles. The summed E-state index contributed by atoms with van der Waals surface area (Å²) in [6, 6.07) is 5.95. The zero-order valence-electron chi connectivity index (χ0n) is 31.8. The molecule has 4 heterocycles. The quantitative estimate of drug-likeness (QED) is 0.122. The molecule has 2 N–H and O–H groups in total. The van der Waals surface area contributed by atoms with Crippen molar-refractivity contribution in [2.24, 2.45) is 13.0 Å². The summed E-state index contributed by atoms with van der Waals surface area (Å²) in [7, 11) is -0.166. The van der Waals surface area contributed by atoms with Crippen molar-refractivity contribution in [1.29, 1.82) is 0 Å². The molecule has 3 unspecified atom stereocenters. The van der Waals surface area contributed by atoms with Gasteiger partial charge in [-0.05, 0) is 42.3 Å². The first-order chi connectivity index (χ1) is 28.1. The molecule has 1 aliphatic rings. The fourth-order valence-electron chi connectivity index (χ4n) is 7.32. The summed E-state index contributed by atoms with van der Waals surface area (Å²) in [5.74, 6) is -11.7. The summed E-state index contributed by atoms with van der Waals surface area (Å²) in [5.41, 5.74) is -3.24. The van der Waals surface area contributed by atoms with Crippen molar-refractivity contribution in [2.45, 2.75) is 64.1 Å². The van der Waals surface area contributed by atoms with E-state index in [1.807, 2.05) is 0 Å². The minimum atomic E-state index is -3.64. The molecule has 7 rings (SSSR count). The van der Waals surface area contributed by atoms with Gasteiger partial charge in [-0.2, -0.15) is 24.1 Å². The number of carbonyl (C=O) groups is 1. The molecular weight excluding hydrogens is 852 g/mol. The van der Waals surface area contributed by atoms with E-state index in [-0.39, 0.29) is 50.2 Å². The third-order valence-electron chi connectivity index (χ3n) is 9.72. The van der Waals surface area contributed by atoms with E-state index < -0.39 is 107 Å². The number of benzene rings is 2. The zero-order valence-corrected chi connectivity index (χ0v) is 33.4. The molecule has 0 saturated carbocycles. The number of rotatable bonds is 13. The number of aromatic nitrogens is 8. The molecule has 6 aromatic rings. The van der Waals surface area contributed by atoms with E-state index in [2.05, 4.69) is 30.3 Å².